The van der Waals surface area contributed by atoms with Crippen LogP contribution in [0.15, 0.2) is 0 Å². The summed E-state index contributed by atoms with van der Waals surface area (Å²) in [7, 11) is 2.19. The lowest BCUT2D eigenvalue weighted by Gasteiger charge is -2.34. The molecule has 0 aromatic rings. The van der Waals surface area contributed by atoms with Gasteiger partial charge in [0.1, 0.15) is 0 Å². The Morgan fingerprint density at radius 1 is 1.06 bits per heavy atom. The second-order valence-corrected chi connectivity index (χ2v) is 5.58. The van der Waals surface area contributed by atoms with E-state index < -0.39 is 0 Å². The van der Waals surface area contributed by atoms with E-state index in [1.165, 1.54) is 38.6 Å². The van der Waals surface area contributed by atoms with Crippen molar-refractivity contribution in [2.75, 3.05) is 20.1 Å². The summed E-state index contributed by atoms with van der Waals surface area (Å²) in [6.07, 6.45) is 8.35. The van der Waals surface area contributed by atoms with Crippen LogP contribution in [0.4, 0.5) is 0 Å². The van der Waals surface area contributed by atoms with E-state index in [-0.39, 0.29) is 6.10 Å². The number of hydrogen-bond acceptors (Lipinski definition) is 3. The molecule has 16 heavy (non-hydrogen) atoms. The highest BCUT2D eigenvalue weighted by atomic mass is 16.3. The van der Waals surface area contributed by atoms with Gasteiger partial charge in [-0.2, -0.15) is 0 Å². The molecule has 0 spiro atoms. The Hall–Kier alpha value is -0.120. The molecule has 3 unspecified atom stereocenters. The van der Waals surface area contributed by atoms with Gasteiger partial charge in [-0.15, -0.1) is 0 Å². The van der Waals surface area contributed by atoms with Crippen molar-refractivity contribution in [3.05, 3.63) is 0 Å². The number of likely N-dealkylation sites (N-methyl/N-ethyl adjacent to an activating group) is 1. The van der Waals surface area contributed by atoms with Crippen molar-refractivity contribution in [1.82, 2.24) is 10.2 Å². The molecular weight excluding hydrogens is 200 g/mol. The van der Waals surface area contributed by atoms with Crippen LogP contribution in [0, 0.1) is 0 Å². The van der Waals surface area contributed by atoms with Crippen LogP contribution >= 0.6 is 0 Å². The largest absolute Gasteiger partial charge is 0.392 e. The molecule has 0 aromatic heterocycles. The van der Waals surface area contributed by atoms with Crippen molar-refractivity contribution >= 4 is 0 Å². The highest BCUT2D eigenvalue weighted by Gasteiger charge is 2.25. The second-order valence-electron chi connectivity index (χ2n) is 5.58. The molecule has 1 aliphatic carbocycles. The van der Waals surface area contributed by atoms with Gasteiger partial charge in [0.15, 0.2) is 0 Å². The first-order valence-corrected chi connectivity index (χ1v) is 6.88. The van der Waals surface area contributed by atoms with Crippen LogP contribution in [0.1, 0.15) is 44.9 Å². The number of nitrogens with zero attached hydrogens (tertiary/aromatic N) is 1. The fourth-order valence-corrected chi connectivity index (χ4v) is 3.09. The highest BCUT2D eigenvalue weighted by molar-refractivity contribution is 4.85. The number of hydrogen-bond donors (Lipinski definition) is 2. The molecule has 2 fully saturated rings. The zero-order valence-electron chi connectivity index (χ0n) is 10.5. The molecule has 0 aromatic carbocycles. The molecule has 0 amide bonds. The van der Waals surface area contributed by atoms with Gasteiger partial charge in [-0.05, 0) is 39.3 Å². The Bertz CT molecular complexity index is 210. The third-order valence-corrected chi connectivity index (χ3v) is 4.05. The summed E-state index contributed by atoms with van der Waals surface area (Å²) in [5, 5.41) is 13.8. The molecule has 3 nitrogen and oxygen atoms in total. The molecule has 0 radical (unpaired) electrons. The van der Waals surface area contributed by atoms with E-state index in [1.54, 1.807) is 0 Å². The van der Waals surface area contributed by atoms with Gasteiger partial charge >= 0.3 is 0 Å². The van der Waals surface area contributed by atoms with Crippen LogP contribution in [0.2, 0.25) is 0 Å². The molecule has 1 saturated carbocycles. The third-order valence-electron chi connectivity index (χ3n) is 4.05. The molecule has 2 rings (SSSR count). The lowest BCUT2D eigenvalue weighted by molar-refractivity contribution is 0.103. The number of piperidine rings is 1. The minimum atomic E-state index is -0.116. The number of aliphatic hydroxyl groups is 1. The van der Waals surface area contributed by atoms with Crippen LogP contribution < -0.4 is 5.32 Å². The standard InChI is InChI=1S/C13H26N2O/c1-15-9-5-6-11(10-15)14-12-7-3-2-4-8-13(12)16/h11-14,16H,2-10H2,1H3. The molecule has 94 valence electrons. The Morgan fingerprint density at radius 3 is 2.69 bits per heavy atom. The number of rotatable bonds is 2. The minimum Gasteiger partial charge on any atom is -0.392 e. The maximum atomic E-state index is 10.1. The quantitative estimate of drug-likeness (QED) is 0.698. The van der Waals surface area contributed by atoms with Crippen molar-refractivity contribution in [3.8, 4) is 0 Å². The number of likely N-dealkylation sites (tertiary alicyclic amines) is 1. The molecule has 0 bridgehead atoms. The van der Waals surface area contributed by atoms with Crippen molar-refractivity contribution in [2.45, 2.75) is 63.1 Å². The monoisotopic (exact) mass is 226 g/mol. The first kappa shape index (κ1) is 12.3. The highest BCUT2D eigenvalue weighted by Crippen LogP contribution is 2.19. The molecule has 2 aliphatic rings. The Morgan fingerprint density at radius 2 is 1.88 bits per heavy atom. The molecule has 1 heterocycles. The van der Waals surface area contributed by atoms with E-state index >= 15 is 0 Å². The predicted molar refractivity (Wildman–Crippen MR) is 66.5 cm³/mol. The Labute approximate surface area is 99.2 Å². The van der Waals surface area contributed by atoms with Crippen molar-refractivity contribution in [1.29, 1.82) is 0 Å². The number of nitrogens with one attached hydrogen (secondary N) is 1. The van der Waals surface area contributed by atoms with Gasteiger partial charge < -0.3 is 15.3 Å². The number of aliphatic hydroxyl groups excluding tert-OH is 1. The third kappa shape index (κ3) is 3.44. The summed E-state index contributed by atoms with van der Waals surface area (Å²) >= 11 is 0. The summed E-state index contributed by atoms with van der Waals surface area (Å²) < 4.78 is 0. The van der Waals surface area contributed by atoms with Crippen molar-refractivity contribution < 1.29 is 5.11 Å². The molecule has 3 heteroatoms. The summed E-state index contributed by atoms with van der Waals surface area (Å²) in [6, 6.07) is 0.940. The van der Waals surface area contributed by atoms with E-state index in [9.17, 15) is 5.11 Å². The van der Waals surface area contributed by atoms with E-state index in [2.05, 4.69) is 17.3 Å². The second kappa shape index (κ2) is 5.99. The lowest BCUT2D eigenvalue weighted by Crippen LogP contribution is -2.51. The van der Waals surface area contributed by atoms with Crippen molar-refractivity contribution in [2.24, 2.45) is 0 Å². The normalized spacial score (nSPS) is 38.2. The zero-order chi connectivity index (χ0) is 11.4. The maximum Gasteiger partial charge on any atom is 0.0693 e. The van der Waals surface area contributed by atoms with E-state index in [1.807, 2.05) is 0 Å². The van der Waals surface area contributed by atoms with Crippen LogP contribution in [0.5, 0.6) is 0 Å². The summed E-state index contributed by atoms with van der Waals surface area (Å²) in [6.45, 7) is 2.37. The fraction of sp³-hybridized carbons (Fsp3) is 1.00. The average molecular weight is 226 g/mol. The van der Waals surface area contributed by atoms with Gasteiger partial charge in [0, 0.05) is 18.6 Å². The SMILES string of the molecule is CN1CCCC(NC2CCCCCC2O)C1. The van der Waals surface area contributed by atoms with Crippen LogP contribution in [0.3, 0.4) is 0 Å². The molecular formula is C13H26N2O. The van der Waals surface area contributed by atoms with Gasteiger partial charge in [-0.25, -0.2) is 0 Å². The average Bonchev–Trinajstić information content (AvgIpc) is 2.45. The van der Waals surface area contributed by atoms with E-state index in [0.717, 1.165) is 19.4 Å². The molecule has 2 N–H and O–H groups in total. The first-order valence-electron chi connectivity index (χ1n) is 6.88. The molecule has 3 atom stereocenters. The van der Waals surface area contributed by atoms with Gasteiger partial charge in [-0.1, -0.05) is 19.3 Å². The van der Waals surface area contributed by atoms with Crippen LogP contribution in [0.25, 0.3) is 0 Å². The van der Waals surface area contributed by atoms with Gasteiger partial charge in [0.25, 0.3) is 0 Å². The summed E-state index contributed by atoms with van der Waals surface area (Å²) in [5.74, 6) is 0. The van der Waals surface area contributed by atoms with E-state index in [0.29, 0.717) is 12.1 Å². The summed E-state index contributed by atoms with van der Waals surface area (Å²) in [5.41, 5.74) is 0. The Balaban J connectivity index is 1.82. The molecule has 1 aliphatic heterocycles. The maximum absolute atomic E-state index is 10.1. The van der Waals surface area contributed by atoms with Crippen LogP contribution in [-0.2, 0) is 0 Å². The smallest absolute Gasteiger partial charge is 0.0693 e. The summed E-state index contributed by atoms with van der Waals surface area (Å²) in [4.78, 5) is 2.39. The van der Waals surface area contributed by atoms with Gasteiger partial charge in [0.05, 0.1) is 6.10 Å². The molecule has 1 saturated heterocycles. The Kier molecular flexibility index (Phi) is 4.62. The van der Waals surface area contributed by atoms with Gasteiger partial charge in [0.2, 0.25) is 0 Å². The lowest BCUT2D eigenvalue weighted by atomic mass is 10.0. The minimum absolute atomic E-state index is 0.116. The fourth-order valence-electron chi connectivity index (χ4n) is 3.09. The van der Waals surface area contributed by atoms with E-state index in [4.69, 9.17) is 0 Å². The first-order chi connectivity index (χ1) is 7.75. The van der Waals surface area contributed by atoms with Crippen molar-refractivity contribution in [3.63, 3.8) is 0 Å². The van der Waals surface area contributed by atoms with Gasteiger partial charge in [-0.3, -0.25) is 0 Å². The zero-order valence-corrected chi connectivity index (χ0v) is 10.5. The predicted octanol–water partition coefficient (Wildman–Crippen LogP) is 1.36. The van der Waals surface area contributed by atoms with Crippen LogP contribution in [-0.4, -0.2) is 48.3 Å². The topological polar surface area (TPSA) is 35.5 Å².